The third-order valence-electron chi connectivity index (χ3n) is 3.63. The smallest absolute Gasteiger partial charge is 0.174 e. The van der Waals surface area contributed by atoms with Crippen molar-refractivity contribution >= 4 is 46.4 Å². The van der Waals surface area contributed by atoms with Crippen molar-refractivity contribution in [3.8, 4) is 5.75 Å². The van der Waals surface area contributed by atoms with Gasteiger partial charge in [0.15, 0.2) is 5.11 Å². The van der Waals surface area contributed by atoms with E-state index < -0.39 is 0 Å². The monoisotopic (exact) mass is 364 g/mol. The summed E-state index contributed by atoms with van der Waals surface area (Å²) in [5, 5.41) is 5.00. The van der Waals surface area contributed by atoms with Crippen LogP contribution >= 0.6 is 35.6 Å². The number of nitrogens with zero attached hydrogens (tertiary/aromatic N) is 1. The largest absolute Gasteiger partial charge is 0.497 e. The Labute approximate surface area is 151 Å². The minimum Gasteiger partial charge on any atom is -0.497 e. The second kappa shape index (κ2) is 7.43. The molecular weight excluding hydrogens is 348 g/mol. The molecule has 1 heterocycles. The fourth-order valence-corrected chi connectivity index (χ4v) is 4.25. The summed E-state index contributed by atoms with van der Waals surface area (Å²) in [4.78, 5) is 2.21. The summed E-state index contributed by atoms with van der Waals surface area (Å²) >= 11 is 13.5. The van der Waals surface area contributed by atoms with Crippen molar-refractivity contribution in [1.82, 2.24) is 4.90 Å². The molecule has 2 aromatic rings. The molecular formula is C17H17ClN2OS2. The maximum atomic E-state index is 5.98. The SMILES string of the molecule is COc1cccc(NC(=S)N2CCS[C@H]2c2ccc(Cl)cc2)c1. The van der Waals surface area contributed by atoms with Crippen molar-refractivity contribution < 1.29 is 4.74 Å². The molecule has 1 N–H and O–H groups in total. The summed E-state index contributed by atoms with van der Waals surface area (Å²) in [6.45, 7) is 0.924. The molecule has 0 amide bonds. The highest BCUT2D eigenvalue weighted by atomic mass is 35.5. The lowest BCUT2D eigenvalue weighted by Crippen LogP contribution is -2.34. The number of methoxy groups -OCH3 is 1. The lowest BCUT2D eigenvalue weighted by atomic mass is 10.2. The van der Waals surface area contributed by atoms with Gasteiger partial charge in [-0.1, -0.05) is 29.8 Å². The molecule has 0 radical (unpaired) electrons. The molecule has 0 unspecified atom stereocenters. The van der Waals surface area contributed by atoms with E-state index in [2.05, 4.69) is 22.3 Å². The van der Waals surface area contributed by atoms with E-state index in [0.29, 0.717) is 0 Å². The van der Waals surface area contributed by atoms with Gasteiger partial charge in [-0.25, -0.2) is 0 Å². The second-order valence-electron chi connectivity index (χ2n) is 5.13. The summed E-state index contributed by atoms with van der Waals surface area (Å²) < 4.78 is 5.25. The van der Waals surface area contributed by atoms with Crippen LogP contribution in [0.3, 0.4) is 0 Å². The zero-order valence-corrected chi connectivity index (χ0v) is 15.0. The molecule has 1 saturated heterocycles. The Morgan fingerprint density at radius 1 is 1.30 bits per heavy atom. The van der Waals surface area contributed by atoms with E-state index in [4.69, 9.17) is 28.6 Å². The van der Waals surface area contributed by atoms with Crippen molar-refractivity contribution in [1.29, 1.82) is 0 Å². The predicted molar refractivity (Wildman–Crippen MR) is 103 cm³/mol. The normalized spacial score (nSPS) is 17.1. The number of halogens is 1. The van der Waals surface area contributed by atoms with Crippen molar-refractivity contribution in [2.75, 3.05) is 24.7 Å². The summed E-state index contributed by atoms with van der Waals surface area (Å²) in [6, 6.07) is 15.7. The Morgan fingerprint density at radius 2 is 2.09 bits per heavy atom. The van der Waals surface area contributed by atoms with Gasteiger partial charge in [-0.05, 0) is 42.0 Å². The standard InChI is InChI=1S/C17H17ClN2OS2/c1-21-15-4-2-3-14(11-15)19-17(22)20-9-10-23-16(20)12-5-7-13(18)8-6-12/h2-8,11,16H,9-10H2,1H3,(H,19,22)/t16-/m0/s1. The predicted octanol–water partition coefficient (Wildman–Crippen LogP) is 4.79. The quantitative estimate of drug-likeness (QED) is 0.789. The minimum absolute atomic E-state index is 0.220. The van der Waals surface area contributed by atoms with Crippen LogP contribution in [0.4, 0.5) is 5.69 Å². The number of ether oxygens (including phenoxy) is 1. The second-order valence-corrected chi connectivity index (χ2v) is 7.14. The molecule has 3 rings (SSSR count). The fraction of sp³-hybridized carbons (Fsp3) is 0.235. The maximum Gasteiger partial charge on any atom is 0.174 e. The third-order valence-corrected chi connectivity index (χ3v) is 5.48. The molecule has 1 atom stereocenters. The highest BCUT2D eigenvalue weighted by Gasteiger charge is 2.28. The van der Waals surface area contributed by atoms with Gasteiger partial charge < -0.3 is 15.0 Å². The van der Waals surface area contributed by atoms with E-state index in [-0.39, 0.29) is 5.37 Å². The zero-order valence-electron chi connectivity index (χ0n) is 12.7. The van der Waals surface area contributed by atoms with Crippen LogP contribution in [0, 0.1) is 0 Å². The van der Waals surface area contributed by atoms with Gasteiger partial charge in [0.2, 0.25) is 0 Å². The van der Waals surface area contributed by atoms with Gasteiger partial charge in [-0.2, -0.15) is 0 Å². The fourth-order valence-electron chi connectivity index (χ4n) is 2.48. The van der Waals surface area contributed by atoms with E-state index in [9.17, 15) is 0 Å². The zero-order chi connectivity index (χ0) is 16.2. The minimum atomic E-state index is 0.220. The average molecular weight is 365 g/mol. The van der Waals surface area contributed by atoms with Crippen LogP contribution in [0.5, 0.6) is 5.75 Å². The van der Waals surface area contributed by atoms with Gasteiger partial charge in [0.1, 0.15) is 11.1 Å². The van der Waals surface area contributed by atoms with Gasteiger partial charge >= 0.3 is 0 Å². The Hall–Kier alpha value is -1.43. The van der Waals surface area contributed by atoms with E-state index in [1.807, 2.05) is 48.2 Å². The Balaban J connectivity index is 1.74. The van der Waals surface area contributed by atoms with E-state index >= 15 is 0 Å². The van der Waals surface area contributed by atoms with E-state index in [1.165, 1.54) is 5.56 Å². The molecule has 0 saturated carbocycles. The van der Waals surface area contributed by atoms with Gasteiger partial charge in [0.05, 0.1) is 7.11 Å². The molecule has 0 aliphatic carbocycles. The molecule has 1 aliphatic rings. The molecule has 120 valence electrons. The number of thioether (sulfide) groups is 1. The molecule has 2 aromatic carbocycles. The first kappa shape index (κ1) is 16.4. The number of hydrogen-bond acceptors (Lipinski definition) is 3. The lowest BCUT2D eigenvalue weighted by molar-refractivity contribution is 0.415. The van der Waals surface area contributed by atoms with Crippen LogP contribution < -0.4 is 10.1 Å². The third kappa shape index (κ3) is 3.91. The molecule has 6 heteroatoms. The van der Waals surface area contributed by atoms with Crippen LogP contribution in [0.15, 0.2) is 48.5 Å². The number of rotatable bonds is 3. The van der Waals surface area contributed by atoms with E-state index in [1.54, 1.807) is 7.11 Å². The Bertz CT molecular complexity index is 693. The molecule has 0 aromatic heterocycles. The number of benzene rings is 2. The van der Waals surface area contributed by atoms with Crippen LogP contribution in [0.25, 0.3) is 0 Å². The molecule has 0 spiro atoms. The Kier molecular flexibility index (Phi) is 5.30. The summed E-state index contributed by atoms with van der Waals surface area (Å²) in [5.41, 5.74) is 2.15. The van der Waals surface area contributed by atoms with Crippen molar-refractivity contribution in [2.45, 2.75) is 5.37 Å². The van der Waals surface area contributed by atoms with Crippen LogP contribution in [0.1, 0.15) is 10.9 Å². The summed E-state index contributed by atoms with van der Waals surface area (Å²) in [5.74, 6) is 1.86. The number of hydrogen-bond donors (Lipinski definition) is 1. The van der Waals surface area contributed by atoms with Crippen LogP contribution in [-0.2, 0) is 0 Å². The topological polar surface area (TPSA) is 24.5 Å². The molecule has 1 aliphatic heterocycles. The van der Waals surface area contributed by atoms with Crippen molar-refractivity contribution in [3.63, 3.8) is 0 Å². The van der Waals surface area contributed by atoms with Crippen LogP contribution in [0.2, 0.25) is 5.02 Å². The van der Waals surface area contributed by atoms with Crippen LogP contribution in [-0.4, -0.2) is 29.4 Å². The maximum absolute atomic E-state index is 5.98. The first-order valence-corrected chi connectivity index (χ1v) is 9.09. The average Bonchev–Trinajstić information content (AvgIpc) is 3.05. The molecule has 23 heavy (non-hydrogen) atoms. The summed E-state index contributed by atoms with van der Waals surface area (Å²) in [6.07, 6.45) is 0. The molecule has 1 fully saturated rings. The van der Waals surface area contributed by atoms with Crippen molar-refractivity contribution in [2.24, 2.45) is 0 Å². The van der Waals surface area contributed by atoms with Gasteiger partial charge in [0, 0.05) is 29.1 Å². The molecule has 3 nitrogen and oxygen atoms in total. The lowest BCUT2D eigenvalue weighted by Gasteiger charge is -2.27. The highest BCUT2D eigenvalue weighted by Crippen LogP contribution is 2.38. The number of anilines is 1. The molecule has 0 bridgehead atoms. The Morgan fingerprint density at radius 3 is 2.83 bits per heavy atom. The van der Waals surface area contributed by atoms with Gasteiger partial charge in [0.25, 0.3) is 0 Å². The first-order chi connectivity index (χ1) is 11.2. The van der Waals surface area contributed by atoms with Gasteiger partial charge in [-0.3, -0.25) is 0 Å². The summed E-state index contributed by atoms with van der Waals surface area (Å²) in [7, 11) is 1.66. The highest BCUT2D eigenvalue weighted by molar-refractivity contribution is 7.99. The number of thiocarbonyl (C=S) groups is 1. The van der Waals surface area contributed by atoms with Gasteiger partial charge in [-0.15, -0.1) is 11.8 Å². The van der Waals surface area contributed by atoms with Crippen molar-refractivity contribution in [3.05, 3.63) is 59.1 Å². The number of nitrogens with one attached hydrogen (secondary N) is 1. The van der Waals surface area contributed by atoms with E-state index in [0.717, 1.165) is 33.9 Å². The first-order valence-electron chi connectivity index (χ1n) is 7.26.